The summed E-state index contributed by atoms with van der Waals surface area (Å²) in [6, 6.07) is 19.9. The predicted octanol–water partition coefficient (Wildman–Crippen LogP) is 4.41. The number of aromatic nitrogens is 3. The van der Waals surface area contributed by atoms with Gasteiger partial charge in [-0.2, -0.15) is 5.10 Å². The van der Waals surface area contributed by atoms with Crippen LogP contribution in [0.15, 0.2) is 66.9 Å². The summed E-state index contributed by atoms with van der Waals surface area (Å²) in [5, 5.41) is 12.2. The molecule has 5 rings (SSSR count). The second-order valence-corrected chi connectivity index (χ2v) is 8.23. The monoisotopic (exact) mass is 443 g/mol. The lowest BCUT2D eigenvalue weighted by molar-refractivity contribution is 0.112. The number of pyridine rings is 1. The van der Waals surface area contributed by atoms with Gasteiger partial charge < -0.3 is 9.80 Å². The molecule has 1 saturated heterocycles. The van der Waals surface area contributed by atoms with Gasteiger partial charge in [0.15, 0.2) is 12.1 Å². The Balaban J connectivity index is 1.38. The van der Waals surface area contributed by atoms with Gasteiger partial charge in [0.2, 0.25) is 0 Å². The zero-order valence-electron chi connectivity index (χ0n) is 17.5. The minimum absolute atomic E-state index is 0.589. The fourth-order valence-corrected chi connectivity index (χ4v) is 4.34. The van der Waals surface area contributed by atoms with E-state index in [4.69, 9.17) is 11.6 Å². The molecule has 3 heterocycles. The molecule has 4 aromatic rings. The molecule has 0 saturated carbocycles. The van der Waals surface area contributed by atoms with Crippen LogP contribution in [0.2, 0.25) is 5.02 Å². The molecule has 0 aliphatic carbocycles. The van der Waals surface area contributed by atoms with Gasteiger partial charge in [-0.1, -0.05) is 54.1 Å². The number of hydrogen-bond acceptors (Lipinski definition) is 6. The maximum absolute atomic E-state index is 10.9. The second kappa shape index (κ2) is 8.93. The van der Waals surface area contributed by atoms with Crippen molar-refractivity contribution in [2.24, 2.45) is 0 Å². The van der Waals surface area contributed by atoms with E-state index in [0.717, 1.165) is 71.2 Å². The molecule has 0 spiro atoms. The van der Waals surface area contributed by atoms with Crippen LogP contribution in [0.4, 0.5) is 11.6 Å². The highest BCUT2D eigenvalue weighted by Gasteiger charge is 2.22. The molecule has 0 N–H and O–H groups in total. The van der Waals surface area contributed by atoms with E-state index in [-0.39, 0.29) is 0 Å². The number of rotatable bonds is 5. The first kappa shape index (κ1) is 20.4. The first-order chi connectivity index (χ1) is 15.7. The third kappa shape index (κ3) is 4.01. The van der Waals surface area contributed by atoms with Gasteiger partial charge >= 0.3 is 0 Å². The molecule has 2 aromatic carbocycles. The summed E-state index contributed by atoms with van der Waals surface area (Å²) in [4.78, 5) is 19.8. The van der Waals surface area contributed by atoms with Gasteiger partial charge in [-0.15, -0.1) is 5.10 Å². The average molecular weight is 444 g/mol. The lowest BCUT2D eigenvalue weighted by Crippen LogP contribution is -2.47. The summed E-state index contributed by atoms with van der Waals surface area (Å²) in [5.74, 6) is 1.80. The Morgan fingerprint density at radius 2 is 1.56 bits per heavy atom. The van der Waals surface area contributed by atoms with E-state index >= 15 is 0 Å². The smallest absolute Gasteiger partial charge is 0.159 e. The fourth-order valence-electron chi connectivity index (χ4n) is 4.13. The van der Waals surface area contributed by atoms with Gasteiger partial charge in [-0.25, -0.2) is 4.98 Å². The van der Waals surface area contributed by atoms with Crippen LogP contribution in [0.5, 0.6) is 0 Å². The Morgan fingerprint density at radius 3 is 2.28 bits per heavy atom. The molecule has 0 amide bonds. The molecule has 0 atom stereocenters. The molecule has 1 aliphatic heterocycles. The number of benzene rings is 2. The van der Waals surface area contributed by atoms with Crippen LogP contribution >= 0.6 is 11.6 Å². The topological polar surface area (TPSA) is 62.2 Å². The van der Waals surface area contributed by atoms with Crippen molar-refractivity contribution >= 4 is 40.3 Å². The van der Waals surface area contributed by atoms with Crippen LogP contribution in [0.25, 0.3) is 10.8 Å². The molecule has 1 fully saturated rings. The molecule has 0 bridgehead atoms. The molecular formula is C25H22ClN5O. The number of carbonyl (C=O) groups excluding carboxylic acids is 1. The number of carbonyl (C=O) groups is 1. The highest BCUT2D eigenvalue weighted by molar-refractivity contribution is 6.31. The first-order valence-corrected chi connectivity index (χ1v) is 11.0. The quantitative estimate of drug-likeness (QED) is 0.426. The highest BCUT2D eigenvalue weighted by Crippen LogP contribution is 2.29. The van der Waals surface area contributed by atoms with E-state index in [2.05, 4.69) is 37.1 Å². The van der Waals surface area contributed by atoms with Crippen molar-refractivity contribution in [3.63, 3.8) is 0 Å². The van der Waals surface area contributed by atoms with Crippen molar-refractivity contribution in [1.29, 1.82) is 0 Å². The van der Waals surface area contributed by atoms with Crippen LogP contribution in [0.1, 0.15) is 21.6 Å². The van der Waals surface area contributed by atoms with Gasteiger partial charge in [0.05, 0.1) is 5.69 Å². The van der Waals surface area contributed by atoms with Crippen LogP contribution in [0, 0.1) is 0 Å². The second-order valence-electron chi connectivity index (χ2n) is 7.83. The number of anilines is 2. The maximum Gasteiger partial charge on any atom is 0.159 e. The zero-order valence-corrected chi connectivity index (χ0v) is 18.2. The third-order valence-electron chi connectivity index (χ3n) is 5.87. The summed E-state index contributed by atoms with van der Waals surface area (Å²) < 4.78 is 0. The lowest BCUT2D eigenvalue weighted by Gasteiger charge is -2.36. The van der Waals surface area contributed by atoms with E-state index in [1.165, 1.54) is 0 Å². The first-order valence-electron chi connectivity index (χ1n) is 10.6. The van der Waals surface area contributed by atoms with Crippen LogP contribution in [0.3, 0.4) is 0 Å². The van der Waals surface area contributed by atoms with Crippen molar-refractivity contribution in [3.8, 4) is 0 Å². The summed E-state index contributed by atoms with van der Waals surface area (Å²) in [6.07, 6.45) is 3.07. The van der Waals surface area contributed by atoms with Crippen molar-refractivity contribution in [2.45, 2.75) is 6.42 Å². The number of fused-ring (bicyclic) bond motifs is 1. The minimum atomic E-state index is 0.589. The molecule has 32 heavy (non-hydrogen) atoms. The molecule has 0 unspecified atom stereocenters. The summed E-state index contributed by atoms with van der Waals surface area (Å²) in [7, 11) is 0. The van der Waals surface area contributed by atoms with Gasteiger partial charge in [0.1, 0.15) is 5.82 Å². The van der Waals surface area contributed by atoms with Crippen molar-refractivity contribution < 1.29 is 4.79 Å². The molecule has 0 radical (unpaired) electrons. The van der Waals surface area contributed by atoms with Gasteiger partial charge in [-0.05, 0) is 23.8 Å². The predicted molar refractivity (Wildman–Crippen MR) is 128 cm³/mol. The summed E-state index contributed by atoms with van der Waals surface area (Å²) in [5.41, 5.74) is 2.56. The molecule has 1 aliphatic rings. The molecular weight excluding hydrogens is 422 g/mol. The normalized spacial score (nSPS) is 14.0. The fraction of sp³-hybridized carbons (Fsp3) is 0.200. The van der Waals surface area contributed by atoms with Crippen LogP contribution < -0.4 is 9.80 Å². The largest absolute Gasteiger partial charge is 0.353 e. The van der Waals surface area contributed by atoms with Crippen molar-refractivity contribution in [3.05, 3.63) is 88.7 Å². The molecule has 160 valence electrons. The number of halogens is 1. The Bertz CT molecular complexity index is 1250. The van der Waals surface area contributed by atoms with Gasteiger partial charge in [0.25, 0.3) is 0 Å². The molecule has 6 nitrogen and oxygen atoms in total. The highest BCUT2D eigenvalue weighted by atomic mass is 35.5. The van der Waals surface area contributed by atoms with E-state index in [9.17, 15) is 4.79 Å². The zero-order chi connectivity index (χ0) is 21.9. The number of aldehydes is 1. The van der Waals surface area contributed by atoms with Crippen LogP contribution in [-0.4, -0.2) is 47.6 Å². The van der Waals surface area contributed by atoms with Gasteiger partial charge in [0, 0.05) is 60.2 Å². The van der Waals surface area contributed by atoms with E-state index in [1.54, 1.807) is 12.3 Å². The maximum atomic E-state index is 10.9. The van der Waals surface area contributed by atoms with E-state index in [1.807, 2.05) is 42.5 Å². The summed E-state index contributed by atoms with van der Waals surface area (Å²) in [6.45, 7) is 3.29. The lowest BCUT2D eigenvalue weighted by atomic mass is 10.0. The van der Waals surface area contributed by atoms with E-state index in [0.29, 0.717) is 12.0 Å². The third-order valence-corrected chi connectivity index (χ3v) is 6.24. The number of hydrogen-bond donors (Lipinski definition) is 0. The summed E-state index contributed by atoms with van der Waals surface area (Å²) >= 11 is 6.38. The Morgan fingerprint density at radius 1 is 0.844 bits per heavy atom. The molecule has 2 aromatic heterocycles. The van der Waals surface area contributed by atoms with Crippen LogP contribution in [-0.2, 0) is 6.42 Å². The van der Waals surface area contributed by atoms with Crippen molar-refractivity contribution in [1.82, 2.24) is 15.2 Å². The standard InChI is InChI=1S/C25H22ClN5O/c26-22-8-4-1-5-19(22)15-23-20-6-2-3-7-21(20)25(29-28-23)31-13-11-30(12-14-31)24-10-9-18(17-32)16-27-24/h1-10,16-17H,11-15H2. The Kier molecular flexibility index (Phi) is 5.69. The SMILES string of the molecule is O=Cc1ccc(N2CCN(c3nnc(Cc4ccccc4Cl)c4ccccc34)CC2)nc1. The number of piperazine rings is 1. The van der Waals surface area contributed by atoms with Gasteiger partial charge in [-0.3, -0.25) is 4.79 Å². The number of nitrogens with zero attached hydrogens (tertiary/aromatic N) is 5. The molecule has 7 heteroatoms. The van der Waals surface area contributed by atoms with E-state index < -0.39 is 0 Å². The average Bonchev–Trinajstić information content (AvgIpc) is 2.86. The Labute approximate surface area is 191 Å². The van der Waals surface area contributed by atoms with Crippen molar-refractivity contribution in [2.75, 3.05) is 36.0 Å². The minimum Gasteiger partial charge on any atom is -0.353 e. The Hall–Kier alpha value is -3.51.